The van der Waals surface area contributed by atoms with E-state index >= 15 is 0 Å². The topological polar surface area (TPSA) is 32.3 Å². The normalized spacial score (nSPS) is 16.6. The maximum absolute atomic E-state index is 12.2. The third kappa shape index (κ3) is 7.27. The first-order valence-corrected chi connectivity index (χ1v) is 10.2. The second kappa shape index (κ2) is 9.47. The number of hydrogen-bond acceptors (Lipinski definition) is 3. The Morgan fingerprint density at radius 2 is 1.71 bits per heavy atom. The first-order chi connectivity index (χ1) is 11.4. The predicted octanol–water partition coefficient (Wildman–Crippen LogP) is 4.32. The van der Waals surface area contributed by atoms with E-state index in [4.69, 9.17) is 0 Å². The molecule has 0 spiro atoms. The van der Waals surface area contributed by atoms with Crippen LogP contribution in [0, 0.1) is 0 Å². The lowest BCUT2D eigenvalue weighted by atomic mass is 10.1. The summed E-state index contributed by atoms with van der Waals surface area (Å²) in [7, 11) is 0. The number of benzene rings is 1. The van der Waals surface area contributed by atoms with Gasteiger partial charge in [0.2, 0.25) is 0 Å². The summed E-state index contributed by atoms with van der Waals surface area (Å²) in [5.74, 6) is 0.980. The Morgan fingerprint density at radius 3 is 2.29 bits per heavy atom. The zero-order valence-electron chi connectivity index (χ0n) is 15.4. The van der Waals surface area contributed by atoms with Crippen LogP contribution in [0.25, 0.3) is 0 Å². The minimum Gasteiger partial charge on any atom is -0.351 e. The number of carbonyl (C=O) groups is 1. The number of carbonyl (C=O) groups excluding carboxylic acids is 1. The highest BCUT2D eigenvalue weighted by Crippen LogP contribution is 2.22. The molecule has 134 valence electrons. The van der Waals surface area contributed by atoms with Crippen molar-refractivity contribution in [1.29, 1.82) is 0 Å². The number of thioether (sulfide) groups is 1. The van der Waals surface area contributed by atoms with Gasteiger partial charge in [-0.2, -0.15) is 11.8 Å². The fourth-order valence-corrected chi connectivity index (χ4v) is 3.75. The molecule has 0 saturated carbocycles. The molecule has 1 aromatic carbocycles. The predicted molar refractivity (Wildman–Crippen MR) is 105 cm³/mol. The first-order valence-electron chi connectivity index (χ1n) is 9.17. The van der Waals surface area contributed by atoms with Crippen LogP contribution in [0.2, 0.25) is 0 Å². The second-order valence-electron chi connectivity index (χ2n) is 7.60. The lowest BCUT2D eigenvalue weighted by Crippen LogP contribution is -2.27. The van der Waals surface area contributed by atoms with Crippen molar-refractivity contribution in [1.82, 2.24) is 10.2 Å². The summed E-state index contributed by atoms with van der Waals surface area (Å²) in [6.07, 6.45) is 5.35. The SMILES string of the molecule is CC(C)(C)SCCNC(=O)c1ccc(CN2CCCCCC2)cc1. The fraction of sp³-hybridized carbons (Fsp3) is 0.650. The molecule has 0 bridgehead atoms. The summed E-state index contributed by atoms with van der Waals surface area (Å²) in [5, 5.41) is 3.01. The van der Waals surface area contributed by atoms with Gasteiger partial charge >= 0.3 is 0 Å². The average Bonchev–Trinajstić information content (AvgIpc) is 2.80. The number of nitrogens with one attached hydrogen (secondary N) is 1. The molecule has 2 rings (SSSR count). The van der Waals surface area contributed by atoms with Crippen molar-refractivity contribution in [2.75, 3.05) is 25.4 Å². The van der Waals surface area contributed by atoms with Crippen LogP contribution < -0.4 is 5.32 Å². The highest BCUT2D eigenvalue weighted by molar-refractivity contribution is 8.00. The third-order valence-corrected chi connectivity index (χ3v) is 5.52. The van der Waals surface area contributed by atoms with Crippen LogP contribution in [0.15, 0.2) is 24.3 Å². The number of hydrogen-bond donors (Lipinski definition) is 1. The smallest absolute Gasteiger partial charge is 0.251 e. The van der Waals surface area contributed by atoms with Gasteiger partial charge in [0, 0.05) is 29.2 Å². The van der Waals surface area contributed by atoms with Gasteiger partial charge in [0.25, 0.3) is 5.91 Å². The summed E-state index contributed by atoms with van der Waals surface area (Å²) in [6.45, 7) is 10.7. The van der Waals surface area contributed by atoms with Crippen LogP contribution in [-0.2, 0) is 6.54 Å². The van der Waals surface area contributed by atoms with Gasteiger partial charge in [-0.25, -0.2) is 0 Å². The average molecular weight is 349 g/mol. The van der Waals surface area contributed by atoms with Crippen molar-refractivity contribution in [2.24, 2.45) is 0 Å². The maximum atomic E-state index is 12.2. The molecule has 0 atom stereocenters. The van der Waals surface area contributed by atoms with E-state index in [1.165, 1.54) is 44.3 Å². The van der Waals surface area contributed by atoms with E-state index < -0.39 is 0 Å². The quantitative estimate of drug-likeness (QED) is 0.777. The van der Waals surface area contributed by atoms with Gasteiger partial charge < -0.3 is 5.32 Å². The van der Waals surface area contributed by atoms with Crippen LogP contribution in [0.3, 0.4) is 0 Å². The Hall–Kier alpha value is -1.00. The van der Waals surface area contributed by atoms with Gasteiger partial charge in [-0.15, -0.1) is 0 Å². The molecule has 3 nitrogen and oxygen atoms in total. The van der Waals surface area contributed by atoms with Crippen LogP contribution in [0.1, 0.15) is 62.4 Å². The zero-order chi connectivity index (χ0) is 17.4. The molecule has 1 aliphatic heterocycles. The van der Waals surface area contributed by atoms with Crippen molar-refractivity contribution in [2.45, 2.75) is 57.7 Å². The Balaban J connectivity index is 1.77. The Bertz CT molecular complexity index is 499. The van der Waals surface area contributed by atoms with Crippen LogP contribution in [0.4, 0.5) is 0 Å². The molecule has 1 aliphatic rings. The standard InChI is InChI=1S/C20H32N2OS/c1-20(2,3)24-15-12-21-19(23)18-10-8-17(9-11-18)16-22-13-6-4-5-7-14-22/h8-11H,4-7,12-16H2,1-3H3,(H,21,23). The van der Waals surface area contributed by atoms with Crippen LogP contribution >= 0.6 is 11.8 Å². The fourth-order valence-electron chi connectivity index (χ4n) is 2.94. The molecular weight excluding hydrogens is 316 g/mol. The maximum Gasteiger partial charge on any atom is 0.251 e. The van der Waals surface area contributed by atoms with Gasteiger partial charge in [-0.05, 0) is 43.6 Å². The van der Waals surface area contributed by atoms with E-state index in [1.807, 2.05) is 23.9 Å². The number of rotatable bonds is 6. The van der Waals surface area contributed by atoms with Crippen molar-refractivity contribution in [3.8, 4) is 0 Å². The van der Waals surface area contributed by atoms with Crippen LogP contribution in [-0.4, -0.2) is 40.9 Å². The van der Waals surface area contributed by atoms with Gasteiger partial charge in [-0.1, -0.05) is 45.7 Å². The lowest BCUT2D eigenvalue weighted by Gasteiger charge is -2.19. The highest BCUT2D eigenvalue weighted by Gasteiger charge is 2.12. The summed E-state index contributed by atoms with van der Waals surface area (Å²) in [5.41, 5.74) is 2.06. The summed E-state index contributed by atoms with van der Waals surface area (Å²) in [6, 6.07) is 8.12. The molecule has 1 N–H and O–H groups in total. The van der Waals surface area contributed by atoms with Crippen molar-refractivity contribution >= 4 is 17.7 Å². The van der Waals surface area contributed by atoms with Crippen molar-refractivity contribution in [3.05, 3.63) is 35.4 Å². The van der Waals surface area contributed by atoms with E-state index in [0.29, 0.717) is 0 Å². The number of amides is 1. The number of likely N-dealkylation sites (tertiary alicyclic amines) is 1. The van der Waals surface area contributed by atoms with E-state index in [-0.39, 0.29) is 10.7 Å². The zero-order valence-corrected chi connectivity index (χ0v) is 16.3. The molecule has 1 saturated heterocycles. The van der Waals surface area contributed by atoms with Crippen molar-refractivity contribution < 1.29 is 4.79 Å². The Kier molecular flexibility index (Phi) is 7.63. The minimum atomic E-state index is 0.0332. The minimum absolute atomic E-state index is 0.0332. The molecule has 1 amide bonds. The molecular formula is C20H32N2OS. The first kappa shape index (κ1) is 19.3. The summed E-state index contributed by atoms with van der Waals surface area (Å²) in [4.78, 5) is 14.7. The molecule has 24 heavy (non-hydrogen) atoms. The molecule has 4 heteroatoms. The highest BCUT2D eigenvalue weighted by atomic mass is 32.2. The van der Waals surface area contributed by atoms with Gasteiger partial charge in [-0.3, -0.25) is 9.69 Å². The van der Waals surface area contributed by atoms with Gasteiger partial charge in [0.05, 0.1) is 0 Å². The molecule has 0 aromatic heterocycles. The molecule has 0 aliphatic carbocycles. The Morgan fingerprint density at radius 1 is 1.08 bits per heavy atom. The molecule has 1 aromatic rings. The van der Waals surface area contributed by atoms with E-state index in [2.05, 4.69) is 43.1 Å². The Labute approximate surface area is 151 Å². The third-order valence-electron chi connectivity index (χ3n) is 4.24. The van der Waals surface area contributed by atoms with Crippen LogP contribution in [0.5, 0.6) is 0 Å². The van der Waals surface area contributed by atoms with E-state index in [0.717, 1.165) is 24.4 Å². The van der Waals surface area contributed by atoms with Gasteiger partial charge in [0.1, 0.15) is 0 Å². The number of nitrogens with zero attached hydrogens (tertiary/aromatic N) is 1. The van der Waals surface area contributed by atoms with Crippen molar-refractivity contribution in [3.63, 3.8) is 0 Å². The molecule has 1 heterocycles. The monoisotopic (exact) mass is 348 g/mol. The van der Waals surface area contributed by atoms with E-state index in [9.17, 15) is 4.79 Å². The summed E-state index contributed by atoms with van der Waals surface area (Å²) >= 11 is 1.87. The molecule has 1 fully saturated rings. The second-order valence-corrected chi connectivity index (χ2v) is 9.53. The lowest BCUT2D eigenvalue weighted by molar-refractivity contribution is 0.0956. The molecule has 0 radical (unpaired) electrons. The van der Waals surface area contributed by atoms with Gasteiger partial charge in [0.15, 0.2) is 0 Å². The van der Waals surface area contributed by atoms with E-state index in [1.54, 1.807) is 0 Å². The largest absolute Gasteiger partial charge is 0.351 e. The molecule has 0 unspecified atom stereocenters. The summed E-state index contributed by atoms with van der Waals surface area (Å²) < 4.78 is 0.250.